The molecule has 0 aromatic rings. The van der Waals surface area contributed by atoms with Crippen LogP contribution in [0.2, 0.25) is 0 Å². The van der Waals surface area contributed by atoms with Gasteiger partial charge < -0.3 is 9.84 Å². The Morgan fingerprint density at radius 2 is 1.46 bits per heavy atom. The van der Waals surface area contributed by atoms with Crippen LogP contribution < -0.4 is 0 Å². The molecule has 3 nitrogen and oxygen atoms in total. The molecule has 0 heterocycles. The number of ether oxygens (including phenoxy) is 1. The van der Waals surface area contributed by atoms with Crippen LogP contribution in [0.3, 0.4) is 0 Å². The molecule has 1 unspecified atom stereocenters. The minimum Gasteiger partial charge on any atom is -0.463 e. The zero-order chi connectivity index (χ0) is 19.3. The fourth-order valence-electron chi connectivity index (χ4n) is 2.76. The Kier molecular flexibility index (Phi) is 19.4. The van der Waals surface area contributed by atoms with Crippen molar-refractivity contribution in [3.63, 3.8) is 0 Å². The second-order valence-corrected chi connectivity index (χ2v) is 7.11. The zero-order valence-corrected chi connectivity index (χ0v) is 17.3. The van der Waals surface area contributed by atoms with E-state index in [4.69, 9.17) is 4.74 Å². The van der Waals surface area contributed by atoms with Gasteiger partial charge in [0.1, 0.15) is 6.61 Å². The Labute approximate surface area is 161 Å². The number of hydrogen-bond donors (Lipinski definition) is 1. The predicted octanol–water partition coefficient (Wildman–Crippen LogP) is 6.50. The van der Waals surface area contributed by atoms with Gasteiger partial charge in [-0.05, 0) is 44.9 Å². The quantitative estimate of drug-likeness (QED) is 0.171. The van der Waals surface area contributed by atoms with Crippen LogP contribution in [0.15, 0.2) is 24.3 Å². The number of allylic oxidation sites excluding steroid dienone is 4. The van der Waals surface area contributed by atoms with Crippen molar-refractivity contribution in [3.05, 3.63) is 24.3 Å². The number of hydrogen-bond acceptors (Lipinski definition) is 3. The normalized spacial score (nSPS) is 12.9. The van der Waals surface area contributed by atoms with Crippen molar-refractivity contribution in [1.82, 2.24) is 0 Å². The molecule has 0 saturated heterocycles. The largest absolute Gasteiger partial charge is 0.463 e. The first-order valence-corrected chi connectivity index (χ1v) is 10.8. The highest BCUT2D eigenvalue weighted by Crippen LogP contribution is 2.09. The van der Waals surface area contributed by atoms with Crippen LogP contribution >= 0.6 is 0 Å². The molecule has 3 heteroatoms. The molecule has 0 saturated carbocycles. The van der Waals surface area contributed by atoms with Crippen LogP contribution in [0.1, 0.15) is 104 Å². The summed E-state index contributed by atoms with van der Waals surface area (Å²) in [5.74, 6) is -0.175. The van der Waals surface area contributed by atoms with Crippen LogP contribution in [0.5, 0.6) is 0 Å². The van der Waals surface area contributed by atoms with E-state index in [1.165, 1.54) is 44.9 Å². The first-order chi connectivity index (χ1) is 12.7. The van der Waals surface area contributed by atoms with Gasteiger partial charge in [0, 0.05) is 6.42 Å². The van der Waals surface area contributed by atoms with Crippen molar-refractivity contribution in [2.24, 2.45) is 0 Å². The Balaban J connectivity index is 3.32. The molecule has 0 aromatic heterocycles. The van der Waals surface area contributed by atoms with E-state index in [2.05, 4.69) is 31.2 Å². The Hall–Kier alpha value is -1.09. The third-order valence-electron chi connectivity index (χ3n) is 4.39. The van der Waals surface area contributed by atoms with E-state index in [9.17, 15) is 9.90 Å². The van der Waals surface area contributed by atoms with Gasteiger partial charge in [-0.25, -0.2) is 0 Å². The van der Waals surface area contributed by atoms with Crippen LogP contribution in [0, 0.1) is 0 Å². The van der Waals surface area contributed by atoms with Crippen LogP contribution in [-0.2, 0) is 9.53 Å². The maximum Gasteiger partial charge on any atom is 0.305 e. The first-order valence-electron chi connectivity index (χ1n) is 10.8. The number of aliphatic hydroxyl groups is 1. The molecule has 0 aliphatic carbocycles. The van der Waals surface area contributed by atoms with Gasteiger partial charge in [0.05, 0.1) is 6.10 Å². The minimum absolute atomic E-state index is 0.146. The van der Waals surface area contributed by atoms with E-state index in [0.717, 1.165) is 32.1 Å². The molecule has 0 spiro atoms. The van der Waals surface area contributed by atoms with Gasteiger partial charge in [0.2, 0.25) is 0 Å². The Morgan fingerprint density at radius 1 is 0.846 bits per heavy atom. The summed E-state index contributed by atoms with van der Waals surface area (Å²) in [4.78, 5) is 11.5. The van der Waals surface area contributed by atoms with Gasteiger partial charge in [0.25, 0.3) is 0 Å². The lowest BCUT2D eigenvalue weighted by molar-refractivity contribution is -0.146. The number of unbranched alkanes of at least 4 members (excludes halogenated alkanes) is 8. The molecule has 152 valence electrons. The highest BCUT2D eigenvalue weighted by Gasteiger charge is 2.07. The summed E-state index contributed by atoms with van der Waals surface area (Å²) < 4.78 is 5.07. The molecular weight excluding hydrogens is 324 g/mol. The fraction of sp³-hybridized carbons (Fsp3) is 0.783. The lowest BCUT2D eigenvalue weighted by Gasteiger charge is -2.09. The van der Waals surface area contributed by atoms with E-state index in [1.54, 1.807) is 0 Å². The molecule has 0 bridgehead atoms. The minimum atomic E-state index is -0.506. The van der Waals surface area contributed by atoms with E-state index in [0.29, 0.717) is 12.8 Å². The second kappa shape index (κ2) is 20.2. The SMILES string of the molecule is CCCCC/C=C\C/C=C\CCCCCCCC(=O)OCC(O)CCC. The van der Waals surface area contributed by atoms with Gasteiger partial charge in [-0.1, -0.05) is 76.7 Å². The van der Waals surface area contributed by atoms with Gasteiger partial charge in [-0.3, -0.25) is 4.79 Å². The Bertz CT molecular complexity index is 360. The highest BCUT2D eigenvalue weighted by molar-refractivity contribution is 5.69. The lowest BCUT2D eigenvalue weighted by Crippen LogP contribution is -2.18. The van der Waals surface area contributed by atoms with Gasteiger partial charge in [-0.2, -0.15) is 0 Å². The molecular formula is C23H42O3. The summed E-state index contributed by atoms with van der Waals surface area (Å²) in [7, 11) is 0. The second-order valence-electron chi connectivity index (χ2n) is 7.11. The van der Waals surface area contributed by atoms with Crippen molar-refractivity contribution in [3.8, 4) is 0 Å². The summed E-state index contributed by atoms with van der Waals surface area (Å²) in [6, 6.07) is 0. The number of carbonyl (C=O) groups is 1. The molecule has 0 aliphatic heterocycles. The lowest BCUT2D eigenvalue weighted by atomic mass is 10.1. The Morgan fingerprint density at radius 3 is 2.12 bits per heavy atom. The van der Waals surface area contributed by atoms with Crippen molar-refractivity contribution in [2.45, 2.75) is 110 Å². The van der Waals surface area contributed by atoms with Gasteiger partial charge in [0.15, 0.2) is 0 Å². The van der Waals surface area contributed by atoms with Crippen molar-refractivity contribution in [1.29, 1.82) is 0 Å². The molecule has 1 N–H and O–H groups in total. The fourth-order valence-corrected chi connectivity index (χ4v) is 2.76. The van der Waals surface area contributed by atoms with E-state index < -0.39 is 6.10 Å². The van der Waals surface area contributed by atoms with Gasteiger partial charge >= 0.3 is 5.97 Å². The summed E-state index contributed by atoms with van der Waals surface area (Å²) in [5, 5.41) is 9.52. The molecule has 0 aromatic carbocycles. The summed E-state index contributed by atoms with van der Waals surface area (Å²) in [6.07, 6.45) is 23.7. The van der Waals surface area contributed by atoms with Crippen molar-refractivity contribution >= 4 is 5.97 Å². The maximum atomic E-state index is 11.5. The molecule has 0 fully saturated rings. The average molecular weight is 367 g/mol. The number of rotatable bonds is 18. The summed E-state index contributed by atoms with van der Waals surface area (Å²) in [5.41, 5.74) is 0. The first kappa shape index (κ1) is 24.9. The smallest absolute Gasteiger partial charge is 0.305 e. The van der Waals surface area contributed by atoms with Crippen LogP contribution in [-0.4, -0.2) is 23.8 Å². The highest BCUT2D eigenvalue weighted by atomic mass is 16.5. The maximum absolute atomic E-state index is 11.5. The average Bonchev–Trinajstić information content (AvgIpc) is 2.63. The van der Waals surface area contributed by atoms with Crippen LogP contribution in [0.4, 0.5) is 0 Å². The van der Waals surface area contributed by atoms with Crippen LogP contribution in [0.25, 0.3) is 0 Å². The summed E-state index contributed by atoms with van der Waals surface area (Å²) in [6.45, 7) is 4.39. The van der Waals surface area contributed by atoms with Gasteiger partial charge in [-0.15, -0.1) is 0 Å². The molecule has 1 atom stereocenters. The molecule has 0 radical (unpaired) electrons. The third kappa shape index (κ3) is 19.2. The molecule has 0 rings (SSSR count). The molecule has 0 amide bonds. The molecule has 26 heavy (non-hydrogen) atoms. The van der Waals surface area contributed by atoms with Crippen molar-refractivity contribution in [2.75, 3.05) is 6.61 Å². The molecule has 0 aliphatic rings. The summed E-state index contributed by atoms with van der Waals surface area (Å²) >= 11 is 0. The van der Waals surface area contributed by atoms with E-state index in [-0.39, 0.29) is 12.6 Å². The topological polar surface area (TPSA) is 46.5 Å². The van der Waals surface area contributed by atoms with E-state index >= 15 is 0 Å². The van der Waals surface area contributed by atoms with E-state index in [1.807, 2.05) is 6.92 Å². The van der Waals surface area contributed by atoms with Crippen molar-refractivity contribution < 1.29 is 14.6 Å². The standard InChI is InChI=1S/C23H42O3/c1-3-5-6-7-8-9-10-11-12-13-14-15-16-17-18-20-23(25)26-21-22(24)19-4-2/h8-9,11-12,22,24H,3-7,10,13-21H2,1-2H3/b9-8-,12-11-. The number of esters is 1. The predicted molar refractivity (Wildman–Crippen MR) is 111 cm³/mol. The number of carbonyl (C=O) groups excluding carboxylic acids is 1. The third-order valence-corrected chi connectivity index (χ3v) is 4.39. The number of aliphatic hydroxyl groups excluding tert-OH is 1. The monoisotopic (exact) mass is 366 g/mol. The zero-order valence-electron chi connectivity index (χ0n) is 17.3.